The Morgan fingerprint density at radius 2 is 1.47 bits per heavy atom. The molecule has 186 valence electrons. The van der Waals surface area contributed by atoms with Gasteiger partial charge in [0.15, 0.2) is 11.5 Å². The fraction of sp³-hybridized carbons (Fsp3) is 0.250. The van der Waals surface area contributed by atoms with Crippen molar-refractivity contribution < 1.29 is 29.3 Å². The average molecular weight is 489 g/mol. The highest BCUT2D eigenvalue weighted by atomic mass is 16.5. The molecule has 8 nitrogen and oxygen atoms in total. The largest absolute Gasteiger partial charge is 0.504 e. The topological polar surface area (TPSA) is 125 Å². The maximum absolute atomic E-state index is 13.6. The monoisotopic (exact) mass is 488 g/mol. The molecular formula is C28H28N2O6. The molecule has 3 aromatic rings. The maximum Gasteiger partial charge on any atom is 0.235 e. The molecule has 1 aliphatic rings. The van der Waals surface area contributed by atoms with E-state index in [-0.39, 0.29) is 17.9 Å². The van der Waals surface area contributed by atoms with Gasteiger partial charge in [-0.15, -0.1) is 0 Å². The Morgan fingerprint density at radius 1 is 0.917 bits per heavy atom. The van der Waals surface area contributed by atoms with Gasteiger partial charge in [0, 0.05) is 23.7 Å². The second-order valence-corrected chi connectivity index (χ2v) is 9.12. The molecule has 0 bridgehead atoms. The Bertz CT molecular complexity index is 1260. The van der Waals surface area contributed by atoms with Crippen molar-refractivity contribution in [2.45, 2.75) is 24.9 Å². The highest BCUT2D eigenvalue weighted by Gasteiger charge is 2.56. The van der Waals surface area contributed by atoms with E-state index < -0.39 is 41.0 Å². The third kappa shape index (κ3) is 5.08. The van der Waals surface area contributed by atoms with Gasteiger partial charge >= 0.3 is 0 Å². The van der Waals surface area contributed by atoms with Gasteiger partial charge in [-0.3, -0.25) is 14.4 Å². The van der Waals surface area contributed by atoms with Crippen LogP contribution in [-0.4, -0.2) is 40.5 Å². The van der Waals surface area contributed by atoms with Gasteiger partial charge in [-0.25, -0.2) is 0 Å². The summed E-state index contributed by atoms with van der Waals surface area (Å²) >= 11 is 0. The van der Waals surface area contributed by atoms with Crippen LogP contribution in [0.1, 0.15) is 24.8 Å². The molecule has 4 rings (SSSR count). The van der Waals surface area contributed by atoms with Gasteiger partial charge < -0.3 is 25.6 Å². The van der Waals surface area contributed by atoms with Crippen LogP contribution in [0.15, 0.2) is 78.9 Å². The molecule has 36 heavy (non-hydrogen) atoms. The predicted molar refractivity (Wildman–Crippen MR) is 135 cm³/mol. The molecule has 1 saturated carbocycles. The zero-order valence-corrected chi connectivity index (χ0v) is 20.0. The minimum Gasteiger partial charge on any atom is -0.504 e. The molecule has 0 radical (unpaired) electrons. The van der Waals surface area contributed by atoms with Crippen molar-refractivity contribution >= 4 is 29.0 Å². The number of rotatable bonds is 6. The lowest BCUT2D eigenvalue weighted by Crippen LogP contribution is -2.56. The number of Topliss-reactive ketones (excluding diaryl/α,β-unsaturated/α-hetero) is 1. The van der Waals surface area contributed by atoms with Gasteiger partial charge in [0.05, 0.1) is 18.6 Å². The number of ether oxygens (including phenoxy) is 1. The Kier molecular flexibility index (Phi) is 7.07. The van der Waals surface area contributed by atoms with E-state index in [1.807, 2.05) is 0 Å². The van der Waals surface area contributed by atoms with E-state index in [4.69, 9.17) is 4.74 Å². The molecule has 0 unspecified atom stereocenters. The summed E-state index contributed by atoms with van der Waals surface area (Å²) in [5.41, 5.74) is -0.322. The van der Waals surface area contributed by atoms with Gasteiger partial charge in [-0.2, -0.15) is 0 Å². The van der Waals surface area contributed by atoms with Crippen molar-refractivity contribution in [3.05, 3.63) is 84.4 Å². The van der Waals surface area contributed by atoms with Crippen LogP contribution in [0, 0.1) is 11.8 Å². The van der Waals surface area contributed by atoms with Crippen LogP contribution in [0.4, 0.5) is 11.4 Å². The number of para-hydroxylation sites is 2. The predicted octanol–water partition coefficient (Wildman–Crippen LogP) is 3.72. The maximum atomic E-state index is 13.6. The molecule has 0 aliphatic heterocycles. The quantitative estimate of drug-likeness (QED) is 0.392. The van der Waals surface area contributed by atoms with Crippen molar-refractivity contribution in [2.75, 3.05) is 17.7 Å². The summed E-state index contributed by atoms with van der Waals surface area (Å²) in [4.78, 5) is 40.5. The molecule has 0 heterocycles. The summed E-state index contributed by atoms with van der Waals surface area (Å²) in [7, 11) is 1.38. The Hall–Kier alpha value is -4.17. The number of methoxy groups -OCH3 is 1. The molecule has 4 N–H and O–H groups in total. The summed E-state index contributed by atoms with van der Waals surface area (Å²) < 4.78 is 5.24. The van der Waals surface area contributed by atoms with Crippen molar-refractivity contribution in [1.29, 1.82) is 0 Å². The molecule has 8 heteroatoms. The molecule has 0 spiro atoms. The number of phenolic OH excluding ortho intramolecular Hbond substituents is 1. The molecule has 0 saturated heterocycles. The number of aliphatic hydroxyl groups is 1. The number of nitrogens with one attached hydrogen (secondary N) is 2. The Labute approximate surface area is 208 Å². The van der Waals surface area contributed by atoms with Crippen molar-refractivity contribution in [3.8, 4) is 11.5 Å². The summed E-state index contributed by atoms with van der Waals surface area (Å²) in [5.74, 6) is -5.11. The van der Waals surface area contributed by atoms with Gasteiger partial charge in [-0.1, -0.05) is 42.5 Å². The zero-order chi connectivity index (χ0) is 25.9. The Balaban J connectivity index is 1.81. The lowest BCUT2D eigenvalue weighted by Gasteiger charge is -2.44. The minimum absolute atomic E-state index is 0.120. The fourth-order valence-corrected chi connectivity index (χ4v) is 4.88. The molecular weight excluding hydrogens is 460 g/mol. The van der Waals surface area contributed by atoms with E-state index in [1.54, 1.807) is 60.7 Å². The number of aromatic hydroxyl groups is 1. The van der Waals surface area contributed by atoms with Gasteiger partial charge in [0.2, 0.25) is 11.8 Å². The first-order chi connectivity index (χ1) is 17.2. The van der Waals surface area contributed by atoms with Gasteiger partial charge in [0.25, 0.3) is 0 Å². The summed E-state index contributed by atoms with van der Waals surface area (Å²) in [5, 5.41) is 27.1. The first-order valence-corrected chi connectivity index (χ1v) is 11.5. The summed E-state index contributed by atoms with van der Waals surface area (Å²) in [6, 6.07) is 21.8. The molecule has 4 atom stereocenters. The number of phenols is 1. The second kappa shape index (κ2) is 10.2. The number of amides is 2. The number of carbonyl (C=O) groups excluding carboxylic acids is 3. The summed E-state index contributed by atoms with van der Waals surface area (Å²) in [6.07, 6.45) is -0.377. The zero-order valence-electron chi connectivity index (χ0n) is 20.0. The normalized spacial score (nSPS) is 23.5. The fourth-order valence-electron chi connectivity index (χ4n) is 4.88. The molecule has 2 amide bonds. The number of benzene rings is 3. The highest BCUT2D eigenvalue weighted by molar-refractivity contribution is 6.10. The second-order valence-electron chi connectivity index (χ2n) is 9.12. The molecule has 3 aromatic carbocycles. The van der Waals surface area contributed by atoms with Crippen molar-refractivity contribution in [1.82, 2.24) is 0 Å². The smallest absolute Gasteiger partial charge is 0.235 e. The van der Waals surface area contributed by atoms with Gasteiger partial charge in [0.1, 0.15) is 11.7 Å². The van der Waals surface area contributed by atoms with Crippen LogP contribution in [0.5, 0.6) is 11.5 Å². The Morgan fingerprint density at radius 3 is 2.03 bits per heavy atom. The third-order valence-corrected chi connectivity index (χ3v) is 6.50. The van der Waals surface area contributed by atoms with Crippen LogP contribution < -0.4 is 15.4 Å². The lowest BCUT2D eigenvalue weighted by atomic mass is 9.61. The average Bonchev–Trinajstić information content (AvgIpc) is 2.84. The van der Waals surface area contributed by atoms with Crippen LogP contribution >= 0.6 is 0 Å². The van der Waals surface area contributed by atoms with Crippen molar-refractivity contribution in [3.63, 3.8) is 0 Å². The molecule has 1 fully saturated rings. The first-order valence-electron chi connectivity index (χ1n) is 11.5. The number of carbonyl (C=O) groups is 3. The highest BCUT2D eigenvalue weighted by Crippen LogP contribution is 2.47. The van der Waals surface area contributed by atoms with Crippen molar-refractivity contribution in [2.24, 2.45) is 11.8 Å². The number of anilines is 2. The number of ketones is 1. The minimum atomic E-state index is -1.74. The van der Waals surface area contributed by atoms with E-state index >= 15 is 0 Å². The molecule has 0 aromatic heterocycles. The lowest BCUT2D eigenvalue weighted by molar-refractivity contribution is -0.150. The number of hydrogen-bond acceptors (Lipinski definition) is 6. The van der Waals surface area contributed by atoms with E-state index in [1.165, 1.54) is 32.2 Å². The van der Waals surface area contributed by atoms with Gasteiger partial charge in [-0.05, 0) is 48.9 Å². The number of hydrogen-bond donors (Lipinski definition) is 4. The third-order valence-electron chi connectivity index (χ3n) is 6.50. The van der Waals surface area contributed by atoms with Crippen LogP contribution in [0.25, 0.3) is 0 Å². The van der Waals surface area contributed by atoms with Crippen LogP contribution in [0.3, 0.4) is 0 Å². The van der Waals surface area contributed by atoms with Crippen LogP contribution in [-0.2, 0) is 14.4 Å². The SMILES string of the molecule is COc1cc([C@@H]2[C@H](C(=O)Nc3ccccc3)C(=O)C[C@@](C)(O)[C@@H]2C(=O)Nc2ccccc2)ccc1O. The van der Waals surface area contributed by atoms with E-state index in [0.717, 1.165) is 0 Å². The standard InChI is InChI=1S/C28H28N2O6/c1-28(35)16-21(32)24(26(33)29-18-9-5-3-6-10-18)23(17-13-14-20(31)22(15-17)36-2)25(28)27(34)30-19-11-7-4-8-12-19/h3-15,23-25,31,35H,16H2,1-2H3,(H,29,33)(H,30,34)/t23-,24-,25+,28-/m1/s1. The van der Waals surface area contributed by atoms with Crippen LogP contribution in [0.2, 0.25) is 0 Å². The van der Waals surface area contributed by atoms with E-state index in [2.05, 4.69) is 10.6 Å². The first kappa shape index (κ1) is 24.9. The van der Waals surface area contributed by atoms with E-state index in [9.17, 15) is 24.6 Å². The summed E-state index contributed by atoms with van der Waals surface area (Å²) in [6.45, 7) is 1.43. The molecule has 1 aliphatic carbocycles. The van der Waals surface area contributed by atoms with E-state index in [0.29, 0.717) is 16.9 Å².